The Morgan fingerprint density at radius 3 is 2.39 bits per heavy atom. The number of halogens is 1. The summed E-state index contributed by atoms with van der Waals surface area (Å²) < 4.78 is 6.87. The molecule has 1 saturated heterocycles. The van der Waals surface area contributed by atoms with Crippen LogP contribution in [0.4, 0.5) is 0 Å². The lowest BCUT2D eigenvalue weighted by Crippen LogP contribution is -2.50. The van der Waals surface area contributed by atoms with Crippen LogP contribution in [0.15, 0.2) is 53.0 Å². The van der Waals surface area contributed by atoms with Gasteiger partial charge in [0.1, 0.15) is 11.9 Å². The molecule has 0 radical (unpaired) electrons. The van der Waals surface area contributed by atoms with Crippen molar-refractivity contribution in [2.45, 2.75) is 6.10 Å². The van der Waals surface area contributed by atoms with E-state index < -0.39 is 0 Å². The summed E-state index contributed by atoms with van der Waals surface area (Å²) >= 11 is 3.58. The highest BCUT2D eigenvalue weighted by Crippen LogP contribution is 2.31. The third-order valence-electron chi connectivity index (χ3n) is 3.08. The van der Waals surface area contributed by atoms with E-state index in [1.807, 2.05) is 24.3 Å². The van der Waals surface area contributed by atoms with Crippen molar-refractivity contribution in [3.05, 3.63) is 53.0 Å². The van der Waals surface area contributed by atoms with Crippen molar-refractivity contribution in [2.24, 2.45) is 0 Å². The first-order chi connectivity index (χ1) is 8.83. The minimum Gasteiger partial charge on any atom is -0.487 e. The van der Waals surface area contributed by atoms with Crippen LogP contribution < -0.4 is 10.1 Å². The minimum absolute atomic E-state index is 0.309. The zero-order chi connectivity index (χ0) is 12.4. The van der Waals surface area contributed by atoms with Gasteiger partial charge >= 0.3 is 0 Å². The largest absolute Gasteiger partial charge is 0.487 e. The first kappa shape index (κ1) is 11.8. The molecule has 2 aromatic carbocycles. The Bertz CT molecular complexity index is 537. The molecule has 0 amide bonds. The number of hydrogen-bond acceptors (Lipinski definition) is 2. The van der Waals surface area contributed by atoms with Crippen LogP contribution in [0.25, 0.3) is 11.1 Å². The zero-order valence-corrected chi connectivity index (χ0v) is 11.5. The molecule has 3 heteroatoms. The molecule has 2 aromatic rings. The number of ether oxygens (including phenoxy) is 1. The Morgan fingerprint density at radius 2 is 1.78 bits per heavy atom. The van der Waals surface area contributed by atoms with Crippen molar-refractivity contribution in [1.82, 2.24) is 5.32 Å². The van der Waals surface area contributed by atoms with Crippen molar-refractivity contribution in [3.8, 4) is 16.9 Å². The highest BCUT2D eigenvalue weighted by Gasteiger charge is 2.19. The maximum absolute atomic E-state index is 5.86. The third-order valence-corrected chi connectivity index (χ3v) is 3.70. The van der Waals surface area contributed by atoms with E-state index in [0.29, 0.717) is 6.10 Å². The van der Waals surface area contributed by atoms with Gasteiger partial charge in [0.15, 0.2) is 0 Å². The van der Waals surface area contributed by atoms with Crippen molar-refractivity contribution < 1.29 is 4.74 Å². The predicted octanol–water partition coefficient (Wildman–Crippen LogP) is 3.47. The molecule has 92 valence electrons. The molecule has 0 spiro atoms. The van der Waals surface area contributed by atoms with Crippen molar-refractivity contribution in [1.29, 1.82) is 0 Å². The lowest BCUT2D eigenvalue weighted by molar-refractivity contribution is 0.141. The predicted molar refractivity (Wildman–Crippen MR) is 76.9 cm³/mol. The molecule has 0 aromatic heterocycles. The molecule has 3 rings (SSSR count). The van der Waals surface area contributed by atoms with E-state index in [1.165, 1.54) is 11.1 Å². The van der Waals surface area contributed by atoms with Crippen LogP contribution in [0.3, 0.4) is 0 Å². The van der Waals surface area contributed by atoms with Gasteiger partial charge in [0.05, 0.1) is 4.47 Å². The highest BCUT2D eigenvalue weighted by atomic mass is 79.9. The van der Waals surface area contributed by atoms with Crippen molar-refractivity contribution in [2.75, 3.05) is 13.1 Å². The molecule has 1 N–H and O–H groups in total. The normalized spacial score (nSPS) is 15.2. The zero-order valence-electron chi connectivity index (χ0n) is 9.90. The average molecular weight is 304 g/mol. The third kappa shape index (κ3) is 2.42. The van der Waals surface area contributed by atoms with Gasteiger partial charge in [0, 0.05) is 13.1 Å². The molecule has 1 aliphatic rings. The van der Waals surface area contributed by atoms with E-state index >= 15 is 0 Å². The molecule has 0 saturated carbocycles. The maximum Gasteiger partial charge on any atom is 0.134 e. The first-order valence-corrected chi connectivity index (χ1v) is 6.84. The van der Waals surface area contributed by atoms with Gasteiger partial charge < -0.3 is 10.1 Å². The van der Waals surface area contributed by atoms with Gasteiger partial charge in [-0.3, -0.25) is 0 Å². The van der Waals surface area contributed by atoms with Crippen LogP contribution in [0.2, 0.25) is 0 Å². The lowest BCUT2D eigenvalue weighted by atomic mass is 10.1. The molecular formula is C15H14BrNO. The molecule has 18 heavy (non-hydrogen) atoms. The Hall–Kier alpha value is -1.32. The van der Waals surface area contributed by atoms with Gasteiger partial charge in [0.2, 0.25) is 0 Å². The van der Waals surface area contributed by atoms with Crippen molar-refractivity contribution >= 4 is 15.9 Å². The van der Waals surface area contributed by atoms with Gasteiger partial charge in [-0.15, -0.1) is 0 Å². The van der Waals surface area contributed by atoms with E-state index in [4.69, 9.17) is 4.74 Å². The molecule has 1 heterocycles. The Morgan fingerprint density at radius 1 is 1.00 bits per heavy atom. The van der Waals surface area contributed by atoms with Crippen LogP contribution in [0, 0.1) is 0 Å². The van der Waals surface area contributed by atoms with Crippen molar-refractivity contribution in [3.63, 3.8) is 0 Å². The first-order valence-electron chi connectivity index (χ1n) is 6.05. The second kappa shape index (κ2) is 5.12. The summed E-state index contributed by atoms with van der Waals surface area (Å²) in [6, 6.07) is 16.6. The molecule has 0 unspecified atom stereocenters. The van der Waals surface area contributed by atoms with Gasteiger partial charge in [0.25, 0.3) is 0 Å². The fourth-order valence-corrected chi connectivity index (χ4v) is 2.40. The SMILES string of the molecule is Brc1cc(-c2ccccc2)ccc1OC1CNC1. The number of hydrogen-bond donors (Lipinski definition) is 1. The molecule has 0 aliphatic carbocycles. The smallest absolute Gasteiger partial charge is 0.134 e. The summed E-state index contributed by atoms with van der Waals surface area (Å²) in [5.41, 5.74) is 2.41. The van der Waals surface area contributed by atoms with Crippen LogP contribution in [-0.4, -0.2) is 19.2 Å². The molecule has 1 fully saturated rings. The topological polar surface area (TPSA) is 21.3 Å². The van der Waals surface area contributed by atoms with Crippen LogP contribution in [-0.2, 0) is 0 Å². The Labute approximate surface area is 115 Å². The Balaban J connectivity index is 1.84. The van der Waals surface area contributed by atoms with Crippen LogP contribution in [0.1, 0.15) is 0 Å². The van der Waals surface area contributed by atoms with E-state index in [-0.39, 0.29) is 0 Å². The summed E-state index contributed by atoms with van der Waals surface area (Å²) in [4.78, 5) is 0. The molecule has 1 aliphatic heterocycles. The second-order valence-electron chi connectivity index (χ2n) is 4.41. The van der Waals surface area contributed by atoms with Gasteiger partial charge in [-0.05, 0) is 39.2 Å². The number of rotatable bonds is 3. The fraction of sp³-hybridized carbons (Fsp3) is 0.200. The lowest BCUT2D eigenvalue weighted by Gasteiger charge is -2.28. The number of nitrogens with one attached hydrogen (secondary N) is 1. The van der Waals surface area contributed by atoms with E-state index in [2.05, 4.69) is 45.5 Å². The van der Waals surface area contributed by atoms with Gasteiger partial charge in [-0.2, -0.15) is 0 Å². The molecule has 2 nitrogen and oxygen atoms in total. The van der Waals surface area contributed by atoms with E-state index in [1.54, 1.807) is 0 Å². The molecule has 0 bridgehead atoms. The number of benzene rings is 2. The van der Waals surface area contributed by atoms with Crippen LogP contribution >= 0.6 is 15.9 Å². The molecular weight excluding hydrogens is 290 g/mol. The summed E-state index contributed by atoms with van der Waals surface area (Å²) in [7, 11) is 0. The van der Waals surface area contributed by atoms with Gasteiger partial charge in [-0.25, -0.2) is 0 Å². The summed E-state index contributed by atoms with van der Waals surface area (Å²) in [6.07, 6.45) is 0.309. The van der Waals surface area contributed by atoms with E-state index in [0.717, 1.165) is 23.3 Å². The monoisotopic (exact) mass is 303 g/mol. The molecule has 0 atom stereocenters. The van der Waals surface area contributed by atoms with E-state index in [9.17, 15) is 0 Å². The Kier molecular flexibility index (Phi) is 3.35. The minimum atomic E-state index is 0.309. The van der Waals surface area contributed by atoms with Crippen LogP contribution in [0.5, 0.6) is 5.75 Å². The maximum atomic E-state index is 5.86. The summed E-state index contributed by atoms with van der Waals surface area (Å²) in [5, 5.41) is 3.20. The summed E-state index contributed by atoms with van der Waals surface area (Å²) in [5.74, 6) is 0.918. The summed E-state index contributed by atoms with van der Waals surface area (Å²) in [6.45, 7) is 1.87. The average Bonchev–Trinajstić information content (AvgIpc) is 2.36. The highest BCUT2D eigenvalue weighted by molar-refractivity contribution is 9.10. The quantitative estimate of drug-likeness (QED) is 0.937. The fourth-order valence-electron chi connectivity index (χ4n) is 1.93. The second-order valence-corrected chi connectivity index (χ2v) is 5.26. The standard InChI is InChI=1S/C15H14BrNO/c16-14-8-12(11-4-2-1-3-5-11)6-7-15(14)18-13-9-17-10-13/h1-8,13,17H,9-10H2. The van der Waals surface area contributed by atoms with Gasteiger partial charge in [-0.1, -0.05) is 36.4 Å².